The molecule has 5 nitrogen and oxygen atoms in total. The van der Waals surface area contributed by atoms with Gasteiger partial charge in [0.15, 0.2) is 11.5 Å². The SMILES string of the molecule is O=P([O-])([O-])COc1ccccc1O. The largest absolute Gasteiger partial charge is 0.808 e. The van der Waals surface area contributed by atoms with E-state index in [-0.39, 0.29) is 11.5 Å². The first-order valence-corrected chi connectivity index (χ1v) is 5.14. The molecule has 0 amide bonds. The minimum atomic E-state index is -4.68. The molecule has 0 spiro atoms. The first-order chi connectivity index (χ1) is 5.99. The molecule has 0 saturated carbocycles. The molecule has 0 heterocycles. The number of ether oxygens (including phenoxy) is 1. The van der Waals surface area contributed by atoms with Crippen LogP contribution in [0.25, 0.3) is 0 Å². The highest BCUT2D eigenvalue weighted by Crippen LogP contribution is 2.29. The molecule has 0 fully saturated rings. The van der Waals surface area contributed by atoms with Gasteiger partial charge in [-0.3, -0.25) is 0 Å². The third-order valence-electron chi connectivity index (χ3n) is 1.24. The smallest absolute Gasteiger partial charge is 0.161 e. The van der Waals surface area contributed by atoms with Crippen molar-refractivity contribution >= 4 is 7.60 Å². The molecule has 1 rings (SSSR count). The van der Waals surface area contributed by atoms with Gasteiger partial charge in [0.2, 0.25) is 0 Å². The molecule has 72 valence electrons. The number of aromatic hydroxyl groups is 1. The molecular weight excluding hydrogens is 195 g/mol. The van der Waals surface area contributed by atoms with Crippen LogP contribution in [0.2, 0.25) is 0 Å². The summed E-state index contributed by atoms with van der Waals surface area (Å²) in [6.45, 7) is 0. The lowest BCUT2D eigenvalue weighted by Gasteiger charge is -2.28. The van der Waals surface area contributed by atoms with Crippen molar-refractivity contribution < 1.29 is 24.2 Å². The predicted octanol–water partition coefficient (Wildman–Crippen LogP) is -0.358. The molecule has 0 bridgehead atoms. The van der Waals surface area contributed by atoms with Gasteiger partial charge in [-0.25, -0.2) is 0 Å². The average Bonchev–Trinajstić information content (AvgIpc) is 2.01. The molecule has 13 heavy (non-hydrogen) atoms. The van der Waals surface area contributed by atoms with Crippen LogP contribution in [0, 0.1) is 0 Å². The zero-order valence-electron chi connectivity index (χ0n) is 6.54. The summed E-state index contributed by atoms with van der Waals surface area (Å²) in [6.07, 6.45) is -0.954. The normalized spacial score (nSPS) is 11.2. The van der Waals surface area contributed by atoms with Crippen LogP contribution in [0.3, 0.4) is 0 Å². The molecule has 1 aromatic rings. The van der Waals surface area contributed by atoms with Gasteiger partial charge in [-0.1, -0.05) is 12.1 Å². The van der Waals surface area contributed by atoms with E-state index in [2.05, 4.69) is 4.74 Å². The van der Waals surface area contributed by atoms with E-state index in [0.29, 0.717) is 0 Å². The van der Waals surface area contributed by atoms with Gasteiger partial charge in [-0.15, -0.1) is 0 Å². The summed E-state index contributed by atoms with van der Waals surface area (Å²) < 4.78 is 14.7. The predicted molar refractivity (Wildman–Crippen MR) is 41.2 cm³/mol. The Morgan fingerprint density at radius 3 is 2.54 bits per heavy atom. The molecule has 0 radical (unpaired) electrons. The molecule has 1 N–H and O–H groups in total. The van der Waals surface area contributed by atoms with E-state index in [0.717, 1.165) is 0 Å². The maximum atomic E-state index is 10.2. The van der Waals surface area contributed by atoms with Crippen LogP contribution in [-0.4, -0.2) is 11.5 Å². The minimum Gasteiger partial charge on any atom is -0.808 e. The Hall–Kier alpha value is -1.03. The summed E-state index contributed by atoms with van der Waals surface area (Å²) in [5.74, 6) is -0.217. The first-order valence-electron chi connectivity index (χ1n) is 3.41. The van der Waals surface area contributed by atoms with Crippen LogP contribution in [0.1, 0.15) is 0 Å². The minimum absolute atomic E-state index is 0.0191. The van der Waals surface area contributed by atoms with E-state index < -0.39 is 13.9 Å². The van der Waals surface area contributed by atoms with Gasteiger partial charge >= 0.3 is 0 Å². The van der Waals surface area contributed by atoms with Gasteiger partial charge in [0.1, 0.15) is 6.35 Å². The quantitative estimate of drug-likeness (QED) is 0.675. The third-order valence-corrected chi connectivity index (χ3v) is 1.69. The molecule has 0 aliphatic heterocycles. The lowest BCUT2D eigenvalue weighted by molar-refractivity contribution is -0.316. The summed E-state index contributed by atoms with van der Waals surface area (Å²) in [4.78, 5) is 20.4. The number of phenols is 1. The van der Waals surface area contributed by atoms with E-state index >= 15 is 0 Å². The maximum absolute atomic E-state index is 10.2. The highest BCUT2D eigenvalue weighted by molar-refractivity contribution is 7.48. The van der Waals surface area contributed by atoms with Crippen LogP contribution in [-0.2, 0) is 4.57 Å². The number of hydrogen-bond donors (Lipinski definition) is 1. The van der Waals surface area contributed by atoms with Crippen LogP contribution < -0.4 is 14.5 Å². The second-order valence-corrected chi connectivity index (χ2v) is 3.83. The number of para-hydroxylation sites is 2. The fourth-order valence-corrected chi connectivity index (χ4v) is 1.03. The van der Waals surface area contributed by atoms with Crippen LogP contribution in [0.5, 0.6) is 11.5 Å². The van der Waals surface area contributed by atoms with Gasteiger partial charge in [0, 0.05) is 0 Å². The van der Waals surface area contributed by atoms with Crippen molar-refractivity contribution in [3.63, 3.8) is 0 Å². The molecule has 0 aliphatic carbocycles. The summed E-state index contributed by atoms with van der Waals surface area (Å²) >= 11 is 0. The Balaban J connectivity index is 2.65. The van der Waals surface area contributed by atoms with Crippen molar-refractivity contribution in [2.45, 2.75) is 0 Å². The standard InChI is InChI=1S/C7H9O5P/c8-6-3-1-2-4-7(6)12-5-13(9,10)11/h1-4,8H,5H2,(H2,9,10,11)/p-2. The number of phenolic OH excluding ortho intramolecular Hbond substituents is 1. The second kappa shape index (κ2) is 3.79. The molecule has 1 aromatic carbocycles. The molecule has 0 aliphatic rings. The fourth-order valence-electron chi connectivity index (χ4n) is 0.728. The van der Waals surface area contributed by atoms with Crippen molar-refractivity contribution in [1.29, 1.82) is 0 Å². The van der Waals surface area contributed by atoms with Crippen molar-refractivity contribution in [3.05, 3.63) is 24.3 Å². The zero-order chi connectivity index (χ0) is 9.90. The Morgan fingerprint density at radius 1 is 1.38 bits per heavy atom. The number of rotatable bonds is 3. The lowest BCUT2D eigenvalue weighted by Crippen LogP contribution is -2.19. The summed E-state index contributed by atoms with van der Waals surface area (Å²) in [5, 5.41) is 9.09. The average molecular weight is 202 g/mol. The molecule has 0 unspecified atom stereocenters. The number of benzene rings is 1. The second-order valence-electron chi connectivity index (χ2n) is 2.35. The molecule has 0 saturated heterocycles. The van der Waals surface area contributed by atoms with Crippen molar-refractivity contribution in [3.8, 4) is 11.5 Å². The van der Waals surface area contributed by atoms with E-state index in [1.165, 1.54) is 12.1 Å². The Morgan fingerprint density at radius 2 is 2.00 bits per heavy atom. The molecular formula is C7H7O5P-2. The topological polar surface area (TPSA) is 92.7 Å². The van der Waals surface area contributed by atoms with E-state index in [1.54, 1.807) is 12.1 Å². The summed E-state index contributed by atoms with van der Waals surface area (Å²) in [7, 11) is -4.68. The van der Waals surface area contributed by atoms with E-state index in [1.807, 2.05) is 0 Å². The summed E-state index contributed by atoms with van der Waals surface area (Å²) in [5.41, 5.74) is 0. The summed E-state index contributed by atoms with van der Waals surface area (Å²) in [6, 6.07) is 5.80. The van der Waals surface area contributed by atoms with Gasteiger partial charge < -0.3 is 24.2 Å². The van der Waals surface area contributed by atoms with Gasteiger partial charge in [0.05, 0.1) is 0 Å². The Kier molecular flexibility index (Phi) is 2.93. The van der Waals surface area contributed by atoms with E-state index in [9.17, 15) is 14.4 Å². The van der Waals surface area contributed by atoms with Gasteiger partial charge in [-0.2, -0.15) is 0 Å². The molecule has 0 aromatic heterocycles. The maximum Gasteiger partial charge on any atom is 0.161 e. The third kappa shape index (κ3) is 3.46. The highest BCUT2D eigenvalue weighted by Gasteiger charge is 2.00. The van der Waals surface area contributed by atoms with Crippen molar-refractivity contribution in [1.82, 2.24) is 0 Å². The Labute approximate surface area is 74.8 Å². The van der Waals surface area contributed by atoms with Gasteiger partial charge in [-0.05, 0) is 19.7 Å². The molecule has 6 heteroatoms. The van der Waals surface area contributed by atoms with Crippen LogP contribution in [0.4, 0.5) is 0 Å². The Bertz CT molecular complexity index is 331. The highest BCUT2D eigenvalue weighted by atomic mass is 31.2. The number of hydrogen-bond acceptors (Lipinski definition) is 5. The fraction of sp³-hybridized carbons (Fsp3) is 0.143. The van der Waals surface area contributed by atoms with E-state index in [4.69, 9.17) is 5.11 Å². The van der Waals surface area contributed by atoms with Gasteiger partial charge in [0.25, 0.3) is 0 Å². The van der Waals surface area contributed by atoms with Crippen molar-refractivity contribution in [2.75, 3.05) is 6.35 Å². The monoisotopic (exact) mass is 202 g/mol. The van der Waals surface area contributed by atoms with Crippen molar-refractivity contribution in [2.24, 2.45) is 0 Å². The lowest BCUT2D eigenvalue weighted by atomic mass is 10.3. The zero-order valence-corrected chi connectivity index (χ0v) is 7.44. The first kappa shape index (κ1) is 10.1. The van der Waals surface area contributed by atoms with Crippen LogP contribution in [0.15, 0.2) is 24.3 Å². The van der Waals surface area contributed by atoms with Crippen LogP contribution >= 0.6 is 7.60 Å². The molecule has 0 atom stereocenters.